The number of nitrogens with zero attached hydrogens (tertiary/aromatic N) is 2. The number of cyclic esters (lactones) is 1. The van der Waals surface area contributed by atoms with Crippen molar-refractivity contribution in [3.63, 3.8) is 0 Å². The minimum Gasteiger partial charge on any atom is -0.472 e. The molecule has 8 heteroatoms. The zero-order chi connectivity index (χ0) is 24.8. The highest BCUT2D eigenvalue weighted by molar-refractivity contribution is 5.90. The average Bonchev–Trinajstić information content (AvgIpc) is 3.66. The summed E-state index contributed by atoms with van der Waals surface area (Å²) in [6, 6.07) is 11.0. The van der Waals surface area contributed by atoms with Crippen LogP contribution in [-0.4, -0.2) is 42.3 Å². The Morgan fingerprint density at radius 1 is 1.14 bits per heavy atom. The van der Waals surface area contributed by atoms with E-state index in [2.05, 4.69) is 24.1 Å². The van der Waals surface area contributed by atoms with Crippen LogP contribution in [0.2, 0.25) is 0 Å². The molecule has 36 heavy (non-hydrogen) atoms. The first-order valence-electron chi connectivity index (χ1n) is 12.8. The van der Waals surface area contributed by atoms with Gasteiger partial charge >= 0.3 is 11.9 Å². The van der Waals surface area contributed by atoms with Crippen molar-refractivity contribution in [1.82, 2.24) is 0 Å². The van der Waals surface area contributed by atoms with Crippen LogP contribution in [0, 0.1) is 22.7 Å². The molecule has 0 unspecified atom stereocenters. The molecule has 0 radical (unpaired) electrons. The average molecular weight is 491 g/mol. The predicted octanol–water partition coefficient (Wildman–Crippen LogP) is 4.91. The van der Waals surface area contributed by atoms with Crippen LogP contribution < -0.4 is 0 Å². The SMILES string of the molecule is C[C@]12CC[C@@]34COC(=O)[C@@]35N=NC[C@H]5[C@H](OC(=O)c3ccccc3)C[C@@H]4[C@@]1(C)C[C@H](c1ccoc1)O2. The van der Waals surface area contributed by atoms with Crippen molar-refractivity contribution in [2.24, 2.45) is 32.9 Å². The van der Waals surface area contributed by atoms with E-state index in [0.29, 0.717) is 25.1 Å². The maximum absolute atomic E-state index is 13.5. The number of fused-ring (bicyclic) bond motifs is 2. The number of ether oxygens (including phenoxy) is 3. The third kappa shape index (κ3) is 2.58. The van der Waals surface area contributed by atoms with E-state index in [9.17, 15) is 9.59 Å². The first-order valence-corrected chi connectivity index (χ1v) is 12.8. The van der Waals surface area contributed by atoms with E-state index in [-0.39, 0.29) is 35.3 Å². The van der Waals surface area contributed by atoms with Crippen LogP contribution in [0.3, 0.4) is 0 Å². The lowest BCUT2D eigenvalue weighted by molar-refractivity contribution is -0.201. The molecular weight excluding hydrogens is 460 g/mol. The van der Waals surface area contributed by atoms with E-state index in [1.165, 1.54) is 0 Å². The summed E-state index contributed by atoms with van der Waals surface area (Å²) in [4.78, 5) is 26.7. The number of benzene rings is 1. The maximum Gasteiger partial charge on any atom is 0.338 e. The normalized spacial score (nSPS) is 44.3. The van der Waals surface area contributed by atoms with Crippen molar-refractivity contribution < 1.29 is 28.2 Å². The summed E-state index contributed by atoms with van der Waals surface area (Å²) in [5.74, 6) is -1.04. The largest absolute Gasteiger partial charge is 0.472 e. The second kappa shape index (κ2) is 7.28. The molecule has 7 rings (SSSR count). The molecule has 1 aromatic heterocycles. The number of esters is 2. The van der Waals surface area contributed by atoms with E-state index < -0.39 is 22.7 Å². The van der Waals surface area contributed by atoms with Gasteiger partial charge in [0.15, 0.2) is 5.54 Å². The molecule has 1 aromatic carbocycles. The summed E-state index contributed by atoms with van der Waals surface area (Å²) in [5.41, 5.74) is -0.796. The van der Waals surface area contributed by atoms with Gasteiger partial charge in [-0.3, -0.25) is 0 Å². The number of azo groups is 1. The summed E-state index contributed by atoms with van der Waals surface area (Å²) < 4.78 is 24.2. The van der Waals surface area contributed by atoms with Crippen LogP contribution >= 0.6 is 0 Å². The standard InChI is InChI=1S/C28H30N2O6/c1-25-13-21(18-8-11-33-15-18)36-26(25,2)9-10-27-16-34-24(32)28(27)19(14-29-30-28)20(12-22(25)27)35-23(31)17-6-4-3-5-7-17/h3-8,11,15,19-22H,9-10,12-14,16H2,1-2H3/t19-,20+,21+,22+,25+,26-,27-,28+/m0/s1. The number of rotatable bonds is 3. The van der Waals surface area contributed by atoms with E-state index in [1.807, 2.05) is 24.3 Å². The van der Waals surface area contributed by atoms with Crippen molar-refractivity contribution in [3.05, 3.63) is 60.1 Å². The smallest absolute Gasteiger partial charge is 0.338 e. The summed E-state index contributed by atoms with van der Waals surface area (Å²) in [6.45, 7) is 5.15. The summed E-state index contributed by atoms with van der Waals surface area (Å²) in [7, 11) is 0. The van der Waals surface area contributed by atoms with Gasteiger partial charge in [-0.25, -0.2) is 9.59 Å². The minimum absolute atomic E-state index is 0.00558. The molecule has 2 aliphatic carbocycles. The van der Waals surface area contributed by atoms with Crippen LogP contribution in [0.1, 0.15) is 61.6 Å². The van der Waals surface area contributed by atoms with E-state index in [0.717, 1.165) is 24.8 Å². The molecule has 8 nitrogen and oxygen atoms in total. The number of furan rings is 1. The van der Waals surface area contributed by atoms with Crippen LogP contribution in [0.25, 0.3) is 0 Å². The van der Waals surface area contributed by atoms with Crippen LogP contribution in [0.4, 0.5) is 0 Å². The van der Waals surface area contributed by atoms with Crippen LogP contribution in [-0.2, 0) is 19.0 Å². The molecule has 4 fully saturated rings. The topological polar surface area (TPSA) is 99.7 Å². The lowest BCUT2D eigenvalue weighted by atomic mass is 9.40. The third-order valence-corrected chi connectivity index (χ3v) is 10.4. The molecule has 2 saturated heterocycles. The Labute approximate surface area is 209 Å². The van der Waals surface area contributed by atoms with E-state index >= 15 is 0 Å². The third-order valence-electron chi connectivity index (χ3n) is 10.4. The highest BCUT2D eigenvalue weighted by Crippen LogP contribution is 2.74. The fourth-order valence-electron chi connectivity index (χ4n) is 8.37. The molecule has 4 heterocycles. The zero-order valence-corrected chi connectivity index (χ0v) is 20.5. The van der Waals surface area contributed by atoms with Gasteiger partial charge in [0.05, 0.1) is 42.3 Å². The van der Waals surface area contributed by atoms with Crippen molar-refractivity contribution in [3.8, 4) is 0 Å². The van der Waals surface area contributed by atoms with Crippen molar-refractivity contribution in [2.75, 3.05) is 13.2 Å². The Bertz CT molecular complexity index is 1250. The fourth-order valence-corrected chi connectivity index (χ4v) is 8.37. The van der Waals surface area contributed by atoms with Gasteiger partial charge in [-0.15, -0.1) is 0 Å². The molecule has 0 bridgehead atoms. The zero-order valence-electron chi connectivity index (χ0n) is 20.5. The second-order valence-electron chi connectivity index (χ2n) is 11.6. The van der Waals surface area contributed by atoms with Gasteiger partial charge in [-0.1, -0.05) is 25.1 Å². The molecule has 8 atom stereocenters. The van der Waals surface area contributed by atoms with Gasteiger partial charge in [-0.2, -0.15) is 10.2 Å². The van der Waals surface area contributed by atoms with Gasteiger partial charge < -0.3 is 18.6 Å². The number of carbonyl (C=O) groups excluding carboxylic acids is 2. The Morgan fingerprint density at radius 3 is 2.75 bits per heavy atom. The molecular formula is C28H30N2O6. The lowest BCUT2D eigenvalue weighted by Gasteiger charge is -2.63. The Balaban J connectivity index is 1.31. The molecule has 3 aliphatic heterocycles. The highest BCUT2D eigenvalue weighted by atomic mass is 16.6. The van der Waals surface area contributed by atoms with Gasteiger partial charge in [0.1, 0.15) is 12.7 Å². The van der Waals surface area contributed by atoms with Gasteiger partial charge in [0, 0.05) is 16.4 Å². The highest BCUT2D eigenvalue weighted by Gasteiger charge is 2.81. The van der Waals surface area contributed by atoms with Crippen molar-refractivity contribution >= 4 is 11.9 Å². The van der Waals surface area contributed by atoms with Crippen LogP contribution in [0.5, 0.6) is 0 Å². The predicted molar refractivity (Wildman–Crippen MR) is 126 cm³/mol. The Hall–Kier alpha value is -3.00. The number of carbonyl (C=O) groups is 2. The van der Waals surface area contributed by atoms with Crippen molar-refractivity contribution in [1.29, 1.82) is 0 Å². The van der Waals surface area contributed by atoms with Gasteiger partial charge in [-0.05, 0) is 56.7 Å². The molecule has 188 valence electrons. The van der Waals surface area contributed by atoms with Crippen molar-refractivity contribution in [2.45, 2.75) is 62.9 Å². The second-order valence-corrected chi connectivity index (χ2v) is 11.6. The molecule has 2 saturated carbocycles. The lowest BCUT2D eigenvalue weighted by Crippen LogP contribution is -2.70. The maximum atomic E-state index is 13.5. The summed E-state index contributed by atoms with van der Waals surface area (Å²) >= 11 is 0. The van der Waals surface area contributed by atoms with E-state index in [4.69, 9.17) is 18.6 Å². The first kappa shape index (κ1) is 22.2. The molecule has 5 aliphatic rings. The first-order chi connectivity index (χ1) is 17.3. The van der Waals surface area contributed by atoms with E-state index in [1.54, 1.807) is 24.7 Å². The molecule has 2 spiro atoms. The Morgan fingerprint density at radius 2 is 1.97 bits per heavy atom. The minimum atomic E-state index is -1.12. The summed E-state index contributed by atoms with van der Waals surface area (Å²) in [5, 5.41) is 9.08. The van der Waals surface area contributed by atoms with Gasteiger partial charge in [0.2, 0.25) is 0 Å². The van der Waals surface area contributed by atoms with Crippen LogP contribution in [0.15, 0.2) is 63.6 Å². The number of hydrogen-bond donors (Lipinski definition) is 0. The Kier molecular flexibility index (Phi) is 4.49. The fraction of sp³-hybridized carbons (Fsp3) is 0.571. The quantitative estimate of drug-likeness (QED) is 0.567. The molecule has 0 amide bonds. The molecule has 0 N–H and O–H groups in total. The molecule has 2 aromatic rings. The monoisotopic (exact) mass is 490 g/mol. The number of hydrogen-bond acceptors (Lipinski definition) is 8. The summed E-state index contributed by atoms with van der Waals surface area (Å²) in [6.07, 6.45) is 5.78. The van der Waals surface area contributed by atoms with Gasteiger partial charge in [0.25, 0.3) is 0 Å².